The Morgan fingerprint density at radius 2 is 1.84 bits per heavy atom. The van der Waals surface area contributed by atoms with Gasteiger partial charge >= 0.3 is 0 Å². The number of hydrogen-bond donors (Lipinski definition) is 1. The molecule has 0 saturated carbocycles. The summed E-state index contributed by atoms with van der Waals surface area (Å²) in [6, 6.07) is 5.88. The summed E-state index contributed by atoms with van der Waals surface area (Å²) in [7, 11) is 0. The molecule has 0 unspecified atom stereocenters. The molecule has 3 heteroatoms. The predicted molar refractivity (Wildman–Crippen MR) is 82.7 cm³/mol. The van der Waals surface area contributed by atoms with Crippen molar-refractivity contribution in [2.75, 3.05) is 6.54 Å². The maximum atomic E-state index is 9.99. The van der Waals surface area contributed by atoms with Crippen molar-refractivity contribution in [2.24, 2.45) is 5.92 Å². The van der Waals surface area contributed by atoms with E-state index in [0.717, 1.165) is 31.5 Å². The number of nitrogens with zero attached hydrogens (tertiary/aromatic N) is 1. The zero-order chi connectivity index (χ0) is 14.4. The highest BCUT2D eigenvalue weighted by atomic mass is 35.5. The summed E-state index contributed by atoms with van der Waals surface area (Å²) in [6.07, 6.45) is 2.24. The van der Waals surface area contributed by atoms with Crippen LogP contribution in [0, 0.1) is 5.92 Å². The van der Waals surface area contributed by atoms with Crippen molar-refractivity contribution in [1.82, 2.24) is 4.90 Å². The first kappa shape index (κ1) is 16.3. The Morgan fingerprint density at radius 1 is 1.21 bits per heavy atom. The number of phenols is 1. The van der Waals surface area contributed by atoms with Crippen molar-refractivity contribution < 1.29 is 5.11 Å². The number of aromatic hydroxyl groups is 1. The Hall–Kier alpha value is -0.730. The molecule has 0 spiro atoms. The highest BCUT2D eigenvalue weighted by Gasteiger charge is 2.19. The summed E-state index contributed by atoms with van der Waals surface area (Å²) in [4.78, 5) is 2.44. The fourth-order valence-electron chi connectivity index (χ4n) is 2.52. The van der Waals surface area contributed by atoms with Crippen LogP contribution >= 0.6 is 11.6 Å². The van der Waals surface area contributed by atoms with E-state index < -0.39 is 0 Å². The Labute approximate surface area is 122 Å². The summed E-state index contributed by atoms with van der Waals surface area (Å²) in [5, 5.41) is 10.6. The van der Waals surface area contributed by atoms with E-state index in [4.69, 9.17) is 11.6 Å². The lowest BCUT2D eigenvalue weighted by Gasteiger charge is -2.32. The Kier molecular flexibility index (Phi) is 6.67. The molecule has 1 aromatic rings. The van der Waals surface area contributed by atoms with Crippen LogP contribution in [0.25, 0.3) is 0 Å². The van der Waals surface area contributed by atoms with Gasteiger partial charge in [-0.15, -0.1) is 0 Å². The largest absolute Gasteiger partial charge is 0.508 e. The first-order valence-corrected chi connectivity index (χ1v) is 7.57. The zero-order valence-corrected chi connectivity index (χ0v) is 13.2. The van der Waals surface area contributed by atoms with Crippen LogP contribution in [0.15, 0.2) is 18.2 Å². The smallest absolute Gasteiger partial charge is 0.121 e. The summed E-state index contributed by atoms with van der Waals surface area (Å²) >= 11 is 6.21. The lowest BCUT2D eigenvalue weighted by atomic mass is 10.1. The molecule has 0 aliphatic carbocycles. The van der Waals surface area contributed by atoms with Crippen molar-refractivity contribution >= 4 is 11.6 Å². The molecule has 0 bridgehead atoms. The quantitative estimate of drug-likeness (QED) is 0.784. The van der Waals surface area contributed by atoms with Gasteiger partial charge < -0.3 is 5.11 Å². The molecule has 0 saturated heterocycles. The molecule has 1 rings (SSSR count). The van der Waals surface area contributed by atoms with Gasteiger partial charge in [0.15, 0.2) is 0 Å². The Morgan fingerprint density at radius 3 is 2.32 bits per heavy atom. The molecule has 0 radical (unpaired) electrons. The van der Waals surface area contributed by atoms with Gasteiger partial charge in [0.1, 0.15) is 5.75 Å². The van der Waals surface area contributed by atoms with Gasteiger partial charge in [0.25, 0.3) is 0 Å². The molecule has 0 aliphatic rings. The summed E-state index contributed by atoms with van der Waals surface area (Å²) in [5.41, 5.74) is 0.844. The van der Waals surface area contributed by atoms with Gasteiger partial charge in [0.05, 0.1) is 0 Å². The monoisotopic (exact) mass is 283 g/mol. The summed E-state index contributed by atoms with van der Waals surface area (Å²) in [6.45, 7) is 10.6. The molecule has 0 aromatic heterocycles. The second kappa shape index (κ2) is 7.76. The zero-order valence-electron chi connectivity index (χ0n) is 12.5. The molecule has 0 fully saturated rings. The minimum absolute atomic E-state index is 0.298. The fraction of sp³-hybridized carbons (Fsp3) is 0.625. The fourth-order valence-corrected chi connectivity index (χ4v) is 2.75. The van der Waals surface area contributed by atoms with Gasteiger partial charge in [-0.1, -0.05) is 45.4 Å². The molecule has 0 amide bonds. The Balaban J connectivity index is 2.93. The van der Waals surface area contributed by atoms with Crippen molar-refractivity contribution in [3.8, 4) is 5.75 Å². The first-order valence-electron chi connectivity index (χ1n) is 7.19. The van der Waals surface area contributed by atoms with Crippen LogP contribution in [0.5, 0.6) is 5.75 Å². The molecule has 1 aromatic carbocycles. The number of halogens is 1. The molecule has 1 N–H and O–H groups in total. The van der Waals surface area contributed by atoms with E-state index in [1.165, 1.54) is 0 Å². The average Bonchev–Trinajstić information content (AvgIpc) is 2.34. The molecule has 0 atom stereocenters. The number of benzene rings is 1. The minimum Gasteiger partial charge on any atom is -0.508 e. The second-order valence-corrected chi connectivity index (χ2v) is 5.94. The van der Waals surface area contributed by atoms with E-state index in [0.29, 0.717) is 22.7 Å². The van der Waals surface area contributed by atoms with E-state index in [1.54, 1.807) is 12.1 Å². The molecule has 0 heterocycles. The molecule has 2 nitrogen and oxygen atoms in total. The third-order valence-electron chi connectivity index (χ3n) is 3.51. The van der Waals surface area contributed by atoms with Crippen molar-refractivity contribution in [2.45, 2.75) is 53.1 Å². The number of rotatable bonds is 7. The average molecular weight is 284 g/mol. The second-order valence-electron chi connectivity index (χ2n) is 5.53. The van der Waals surface area contributed by atoms with Crippen LogP contribution in [-0.2, 0) is 6.54 Å². The van der Waals surface area contributed by atoms with Crippen molar-refractivity contribution in [1.29, 1.82) is 0 Å². The van der Waals surface area contributed by atoms with Gasteiger partial charge in [-0.05, 0) is 30.9 Å². The van der Waals surface area contributed by atoms with E-state index in [2.05, 4.69) is 32.6 Å². The summed E-state index contributed by atoms with van der Waals surface area (Å²) in [5.74, 6) is 0.900. The van der Waals surface area contributed by atoms with Crippen LogP contribution in [-0.4, -0.2) is 22.6 Å². The molecule has 108 valence electrons. The SMILES string of the molecule is CCC(CC)N(Cc1c(O)cccc1Cl)CC(C)C. The first-order chi connectivity index (χ1) is 8.99. The topological polar surface area (TPSA) is 23.5 Å². The normalized spacial score (nSPS) is 11.8. The Bertz CT molecular complexity index is 368. The van der Waals surface area contributed by atoms with Crippen molar-refractivity contribution in [3.05, 3.63) is 28.8 Å². The van der Waals surface area contributed by atoms with Gasteiger partial charge in [-0.3, -0.25) is 4.90 Å². The van der Waals surface area contributed by atoms with Crippen LogP contribution in [0.1, 0.15) is 46.1 Å². The molecule has 0 aliphatic heterocycles. The maximum absolute atomic E-state index is 9.99. The van der Waals surface area contributed by atoms with Crippen LogP contribution < -0.4 is 0 Å². The maximum Gasteiger partial charge on any atom is 0.121 e. The number of hydrogen-bond acceptors (Lipinski definition) is 2. The lowest BCUT2D eigenvalue weighted by Crippen LogP contribution is -2.36. The van der Waals surface area contributed by atoms with Gasteiger partial charge in [0, 0.05) is 29.7 Å². The molecular weight excluding hydrogens is 258 g/mol. The van der Waals surface area contributed by atoms with E-state index in [1.807, 2.05) is 6.07 Å². The highest BCUT2D eigenvalue weighted by Crippen LogP contribution is 2.28. The standard InChI is InChI=1S/C16H26ClNO/c1-5-13(6-2)18(10-12(3)4)11-14-15(17)8-7-9-16(14)19/h7-9,12-13,19H,5-6,10-11H2,1-4H3. The van der Waals surface area contributed by atoms with E-state index >= 15 is 0 Å². The molecule has 19 heavy (non-hydrogen) atoms. The van der Waals surface area contributed by atoms with Crippen LogP contribution in [0.2, 0.25) is 5.02 Å². The molecular formula is C16H26ClNO. The van der Waals surface area contributed by atoms with E-state index in [-0.39, 0.29) is 0 Å². The number of phenolic OH excluding ortho intramolecular Hbond substituents is 1. The van der Waals surface area contributed by atoms with Gasteiger partial charge in [-0.25, -0.2) is 0 Å². The van der Waals surface area contributed by atoms with Crippen LogP contribution in [0.4, 0.5) is 0 Å². The lowest BCUT2D eigenvalue weighted by molar-refractivity contribution is 0.156. The van der Waals surface area contributed by atoms with Crippen molar-refractivity contribution in [3.63, 3.8) is 0 Å². The highest BCUT2D eigenvalue weighted by molar-refractivity contribution is 6.31. The third kappa shape index (κ3) is 4.70. The van der Waals surface area contributed by atoms with Gasteiger partial charge in [0.2, 0.25) is 0 Å². The van der Waals surface area contributed by atoms with Gasteiger partial charge in [-0.2, -0.15) is 0 Å². The minimum atomic E-state index is 0.298. The third-order valence-corrected chi connectivity index (χ3v) is 3.87. The predicted octanol–water partition coefficient (Wildman–Crippen LogP) is 4.69. The van der Waals surface area contributed by atoms with E-state index in [9.17, 15) is 5.11 Å². The van der Waals surface area contributed by atoms with Crippen LogP contribution in [0.3, 0.4) is 0 Å². The summed E-state index contributed by atoms with van der Waals surface area (Å²) < 4.78 is 0.